The van der Waals surface area contributed by atoms with Crippen molar-refractivity contribution in [1.82, 2.24) is 14.6 Å². The van der Waals surface area contributed by atoms with Crippen LogP contribution in [0.25, 0.3) is 10.2 Å². The molecule has 1 aliphatic rings. The highest BCUT2D eigenvalue weighted by Crippen LogP contribution is 2.26. The highest BCUT2D eigenvalue weighted by Gasteiger charge is 2.24. The smallest absolute Gasteiger partial charge is 0.305 e. The molecular weight excluding hydrogens is 382 g/mol. The van der Waals surface area contributed by atoms with Crippen molar-refractivity contribution < 1.29 is 8.42 Å². The van der Waals surface area contributed by atoms with Crippen molar-refractivity contribution >= 4 is 31.6 Å². The molecule has 27 heavy (non-hydrogen) atoms. The lowest BCUT2D eigenvalue weighted by molar-refractivity contribution is 0.339. The SMILES string of the molecule is O=c1[nH]c2ccc(S(=O)(=O)NCCN3CC[C@@H](c4ccccc4)C3)cc2s1. The molecule has 1 aromatic heterocycles. The number of sulfonamides is 1. The number of hydrogen-bond donors (Lipinski definition) is 2. The number of fused-ring (bicyclic) bond motifs is 1. The lowest BCUT2D eigenvalue weighted by Crippen LogP contribution is -2.33. The van der Waals surface area contributed by atoms with Gasteiger partial charge in [-0.05, 0) is 42.6 Å². The summed E-state index contributed by atoms with van der Waals surface area (Å²) in [6.45, 7) is 2.98. The van der Waals surface area contributed by atoms with E-state index in [4.69, 9.17) is 0 Å². The molecule has 2 aromatic carbocycles. The van der Waals surface area contributed by atoms with Gasteiger partial charge in [-0.2, -0.15) is 0 Å². The lowest BCUT2D eigenvalue weighted by Gasteiger charge is -2.16. The molecule has 0 unspecified atom stereocenters. The van der Waals surface area contributed by atoms with Crippen molar-refractivity contribution in [3.8, 4) is 0 Å². The van der Waals surface area contributed by atoms with Gasteiger partial charge in [0.2, 0.25) is 10.0 Å². The van der Waals surface area contributed by atoms with Crippen LogP contribution in [0.3, 0.4) is 0 Å². The Morgan fingerprint density at radius 1 is 1.19 bits per heavy atom. The first-order valence-corrected chi connectivity index (χ1v) is 11.2. The Kier molecular flexibility index (Phi) is 5.14. The van der Waals surface area contributed by atoms with E-state index in [1.165, 1.54) is 11.6 Å². The van der Waals surface area contributed by atoms with Crippen molar-refractivity contribution in [1.29, 1.82) is 0 Å². The van der Waals surface area contributed by atoms with E-state index in [0.717, 1.165) is 30.8 Å². The molecular formula is C19H21N3O3S2. The highest BCUT2D eigenvalue weighted by atomic mass is 32.2. The molecule has 1 atom stereocenters. The summed E-state index contributed by atoms with van der Waals surface area (Å²) in [4.78, 5) is 16.4. The number of benzene rings is 2. The maximum absolute atomic E-state index is 12.5. The summed E-state index contributed by atoms with van der Waals surface area (Å²) in [7, 11) is -3.59. The zero-order chi connectivity index (χ0) is 18.9. The van der Waals surface area contributed by atoms with E-state index >= 15 is 0 Å². The molecule has 0 saturated carbocycles. The first kappa shape index (κ1) is 18.4. The fourth-order valence-corrected chi connectivity index (χ4v) is 5.44. The number of rotatable bonds is 6. The number of thiazole rings is 1. The van der Waals surface area contributed by atoms with Crippen LogP contribution < -0.4 is 9.60 Å². The summed E-state index contributed by atoms with van der Waals surface area (Å²) in [5, 5.41) is 0. The van der Waals surface area contributed by atoms with Gasteiger partial charge >= 0.3 is 4.87 Å². The molecule has 1 aliphatic heterocycles. The predicted molar refractivity (Wildman–Crippen MR) is 108 cm³/mol. The lowest BCUT2D eigenvalue weighted by atomic mass is 9.99. The van der Waals surface area contributed by atoms with Crippen LogP contribution in [-0.2, 0) is 10.0 Å². The van der Waals surface area contributed by atoms with Crippen molar-refractivity contribution in [2.45, 2.75) is 17.2 Å². The average Bonchev–Trinajstić information content (AvgIpc) is 3.27. The molecule has 0 bridgehead atoms. The third-order valence-electron chi connectivity index (χ3n) is 4.97. The van der Waals surface area contributed by atoms with E-state index in [1.54, 1.807) is 12.1 Å². The van der Waals surface area contributed by atoms with Crippen LogP contribution in [0.1, 0.15) is 17.9 Å². The maximum atomic E-state index is 12.5. The number of hydrogen-bond acceptors (Lipinski definition) is 5. The number of H-pyrrole nitrogens is 1. The van der Waals surface area contributed by atoms with E-state index < -0.39 is 10.0 Å². The Balaban J connectivity index is 1.34. The van der Waals surface area contributed by atoms with E-state index in [0.29, 0.717) is 29.2 Å². The minimum Gasteiger partial charge on any atom is -0.312 e. The molecule has 0 spiro atoms. The monoisotopic (exact) mass is 403 g/mol. The minimum absolute atomic E-state index is 0.186. The van der Waals surface area contributed by atoms with Crippen molar-refractivity contribution in [2.75, 3.05) is 26.2 Å². The fraction of sp³-hybridized carbons (Fsp3) is 0.316. The van der Waals surface area contributed by atoms with Gasteiger partial charge in [0.05, 0.1) is 15.1 Å². The van der Waals surface area contributed by atoms with E-state index in [2.05, 4.69) is 38.9 Å². The molecule has 1 saturated heterocycles. The van der Waals surface area contributed by atoms with Gasteiger partial charge in [0.1, 0.15) is 0 Å². The molecule has 3 aromatic rings. The number of aromatic amines is 1. The molecule has 0 amide bonds. The normalized spacial score (nSPS) is 18.3. The van der Waals surface area contributed by atoms with Crippen LogP contribution in [0.15, 0.2) is 58.2 Å². The first-order chi connectivity index (χ1) is 13.0. The number of nitrogens with zero attached hydrogens (tertiary/aromatic N) is 1. The van der Waals surface area contributed by atoms with E-state index in [-0.39, 0.29) is 9.77 Å². The topological polar surface area (TPSA) is 82.3 Å². The summed E-state index contributed by atoms with van der Waals surface area (Å²) in [5.74, 6) is 0.515. The first-order valence-electron chi connectivity index (χ1n) is 8.91. The van der Waals surface area contributed by atoms with Gasteiger partial charge in [-0.1, -0.05) is 41.7 Å². The van der Waals surface area contributed by atoms with Crippen LogP contribution in [0.4, 0.5) is 0 Å². The summed E-state index contributed by atoms with van der Waals surface area (Å²) >= 11 is 1.01. The quantitative estimate of drug-likeness (QED) is 0.662. The summed E-state index contributed by atoms with van der Waals surface area (Å²) in [5.41, 5.74) is 2.01. The molecule has 6 nitrogen and oxygen atoms in total. The van der Waals surface area contributed by atoms with E-state index in [1.807, 2.05) is 6.07 Å². The van der Waals surface area contributed by atoms with Gasteiger partial charge in [-0.15, -0.1) is 0 Å². The zero-order valence-electron chi connectivity index (χ0n) is 14.7. The molecule has 4 rings (SSSR count). The molecule has 2 N–H and O–H groups in total. The van der Waals surface area contributed by atoms with Gasteiger partial charge in [0.15, 0.2) is 0 Å². The molecule has 8 heteroatoms. The third-order valence-corrected chi connectivity index (χ3v) is 7.27. The van der Waals surface area contributed by atoms with Gasteiger partial charge in [0, 0.05) is 19.6 Å². The summed E-state index contributed by atoms with van der Waals surface area (Å²) < 4.78 is 28.4. The molecule has 1 fully saturated rings. The van der Waals surface area contributed by atoms with Gasteiger partial charge in [0.25, 0.3) is 0 Å². The maximum Gasteiger partial charge on any atom is 0.305 e. The number of likely N-dealkylation sites (tertiary alicyclic amines) is 1. The van der Waals surface area contributed by atoms with Gasteiger partial charge < -0.3 is 9.88 Å². The molecule has 2 heterocycles. The summed E-state index contributed by atoms with van der Waals surface area (Å²) in [6, 6.07) is 15.1. The Labute approximate surface area is 161 Å². The van der Waals surface area contributed by atoms with Crippen LogP contribution in [0, 0.1) is 0 Å². The van der Waals surface area contributed by atoms with Crippen molar-refractivity contribution in [2.24, 2.45) is 0 Å². The van der Waals surface area contributed by atoms with Gasteiger partial charge in [-0.25, -0.2) is 13.1 Å². The highest BCUT2D eigenvalue weighted by molar-refractivity contribution is 7.89. The van der Waals surface area contributed by atoms with E-state index in [9.17, 15) is 13.2 Å². The predicted octanol–water partition coefficient (Wildman–Crippen LogP) is 2.36. The second-order valence-electron chi connectivity index (χ2n) is 6.77. The van der Waals surface area contributed by atoms with Crippen LogP contribution >= 0.6 is 11.3 Å². The average molecular weight is 404 g/mol. The standard InChI is InChI=1S/C19H21N3O3S2/c23-19-21-17-7-6-16(12-18(17)26-19)27(24,25)20-9-11-22-10-8-15(13-22)14-4-2-1-3-5-14/h1-7,12,15,20H,8-11,13H2,(H,21,23)/t15-/m1/s1. The van der Waals surface area contributed by atoms with Crippen LogP contribution in [-0.4, -0.2) is 44.5 Å². The Morgan fingerprint density at radius 2 is 2.00 bits per heavy atom. The molecule has 0 aliphatic carbocycles. The number of nitrogens with one attached hydrogen (secondary N) is 2. The summed E-state index contributed by atoms with van der Waals surface area (Å²) in [6.07, 6.45) is 1.10. The minimum atomic E-state index is -3.59. The zero-order valence-corrected chi connectivity index (χ0v) is 16.4. The fourth-order valence-electron chi connectivity index (χ4n) is 3.55. The number of aromatic nitrogens is 1. The van der Waals surface area contributed by atoms with Crippen molar-refractivity contribution in [3.63, 3.8) is 0 Å². The Hall–Kier alpha value is -2.00. The van der Waals surface area contributed by atoms with Gasteiger partial charge in [-0.3, -0.25) is 4.79 Å². The van der Waals surface area contributed by atoms with Crippen LogP contribution in [0.5, 0.6) is 0 Å². The third kappa shape index (κ3) is 4.14. The molecule has 0 radical (unpaired) electrons. The Bertz CT molecular complexity index is 1090. The molecule has 142 valence electrons. The second kappa shape index (κ2) is 7.55. The van der Waals surface area contributed by atoms with Crippen molar-refractivity contribution in [3.05, 3.63) is 63.8 Å². The second-order valence-corrected chi connectivity index (χ2v) is 9.55. The Morgan fingerprint density at radius 3 is 2.81 bits per heavy atom. The van der Waals surface area contributed by atoms with Crippen LogP contribution in [0.2, 0.25) is 0 Å². The largest absolute Gasteiger partial charge is 0.312 e.